The molecule has 2 rings (SSSR count). The third-order valence-corrected chi connectivity index (χ3v) is 3.22. The van der Waals surface area contributed by atoms with E-state index in [1.165, 1.54) is 0 Å². The third-order valence-electron chi connectivity index (χ3n) is 3.22. The second-order valence-corrected chi connectivity index (χ2v) is 5.82. The van der Waals surface area contributed by atoms with Crippen LogP contribution in [-0.4, -0.2) is 29.5 Å². The highest BCUT2D eigenvalue weighted by molar-refractivity contribution is 5.39. The van der Waals surface area contributed by atoms with E-state index in [1.807, 2.05) is 25.7 Å². The van der Waals surface area contributed by atoms with Gasteiger partial charge in [-0.1, -0.05) is 20.8 Å². The lowest BCUT2D eigenvalue weighted by molar-refractivity contribution is 0.0880. The fourth-order valence-electron chi connectivity index (χ4n) is 2.09. The maximum absolute atomic E-state index is 12.6. The molecule has 0 spiro atoms. The van der Waals surface area contributed by atoms with Crippen molar-refractivity contribution >= 4 is 5.82 Å². The van der Waals surface area contributed by atoms with Crippen molar-refractivity contribution in [1.29, 1.82) is 0 Å². The molecule has 1 aliphatic rings. The number of rotatable bonds is 2. The lowest BCUT2D eigenvalue weighted by Gasteiger charge is -2.21. The summed E-state index contributed by atoms with van der Waals surface area (Å²) < 4.78 is 25.3. The Morgan fingerprint density at radius 2 is 2.11 bits per heavy atom. The van der Waals surface area contributed by atoms with Crippen molar-refractivity contribution in [2.75, 3.05) is 18.0 Å². The molecule has 0 saturated carbocycles. The van der Waals surface area contributed by atoms with Crippen molar-refractivity contribution in [2.45, 2.75) is 39.0 Å². The quantitative estimate of drug-likeness (QED) is 0.813. The molecule has 1 aromatic rings. The summed E-state index contributed by atoms with van der Waals surface area (Å²) in [4.78, 5) is 10.7. The van der Waals surface area contributed by atoms with Gasteiger partial charge in [-0.15, -0.1) is 0 Å². The summed E-state index contributed by atoms with van der Waals surface area (Å²) in [5.41, 5.74) is -0.127. The zero-order valence-electron chi connectivity index (χ0n) is 11.0. The van der Waals surface area contributed by atoms with Crippen LogP contribution in [0.1, 0.15) is 33.0 Å². The van der Waals surface area contributed by atoms with Gasteiger partial charge in [0.15, 0.2) is 0 Å². The Morgan fingerprint density at radius 3 is 2.67 bits per heavy atom. The van der Waals surface area contributed by atoms with E-state index in [-0.39, 0.29) is 5.41 Å². The standard InChI is InChI=1S/C13H19F2N3/c1-13(2,3)12-16-6-4-10(17-12)18-7-5-9(8-18)11(14)15/h4,6,9,11H,5,7-8H2,1-3H3. The first-order valence-electron chi connectivity index (χ1n) is 6.24. The molecule has 1 atom stereocenters. The van der Waals surface area contributed by atoms with Crippen LogP contribution in [0.5, 0.6) is 0 Å². The molecule has 1 unspecified atom stereocenters. The number of anilines is 1. The van der Waals surface area contributed by atoms with Crippen molar-refractivity contribution in [3.05, 3.63) is 18.1 Å². The Balaban J connectivity index is 2.15. The van der Waals surface area contributed by atoms with Crippen LogP contribution in [0.2, 0.25) is 0 Å². The highest BCUT2D eigenvalue weighted by Crippen LogP contribution is 2.27. The van der Waals surface area contributed by atoms with Gasteiger partial charge >= 0.3 is 0 Å². The Labute approximate surface area is 106 Å². The molecule has 1 fully saturated rings. The van der Waals surface area contributed by atoms with Gasteiger partial charge in [0.2, 0.25) is 6.43 Å². The van der Waals surface area contributed by atoms with Gasteiger partial charge in [0, 0.05) is 30.6 Å². The molecule has 0 N–H and O–H groups in total. The fourth-order valence-corrected chi connectivity index (χ4v) is 2.09. The average molecular weight is 255 g/mol. The first-order valence-corrected chi connectivity index (χ1v) is 6.24. The molecule has 0 aliphatic carbocycles. The minimum absolute atomic E-state index is 0.127. The summed E-state index contributed by atoms with van der Waals surface area (Å²) in [6.07, 6.45) is 0.00410. The molecular weight excluding hydrogens is 236 g/mol. The van der Waals surface area contributed by atoms with Gasteiger partial charge in [-0.2, -0.15) is 0 Å². The van der Waals surface area contributed by atoms with Crippen LogP contribution < -0.4 is 4.90 Å². The second kappa shape index (κ2) is 4.78. The largest absolute Gasteiger partial charge is 0.356 e. The van der Waals surface area contributed by atoms with Crippen LogP contribution in [0.4, 0.5) is 14.6 Å². The molecule has 0 radical (unpaired) electrons. The molecule has 0 amide bonds. The Kier molecular flexibility index (Phi) is 3.50. The van der Waals surface area contributed by atoms with E-state index in [4.69, 9.17) is 0 Å². The minimum Gasteiger partial charge on any atom is -0.356 e. The number of halogens is 2. The maximum atomic E-state index is 12.6. The Morgan fingerprint density at radius 1 is 1.39 bits per heavy atom. The first-order chi connectivity index (χ1) is 8.38. The van der Waals surface area contributed by atoms with Crippen LogP contribution in [0.25, 0.3) is 0 Å². The predicted molar refractivity (Wildman–Crippen MR) is 67.1 cm³/mol. The summed E-state index contributed by atoms with van der Waals surface area (Å²) >= 11 is 0. The van der Waals surface area contributed by atoms with Crippen molar-refractivity contribution < 1.29 is 8.78 Å². The third kappa shape index (κ3) is 2.76. The van der Waals surface area contributed by atoms with E-state index in [0.29, 0.717) is 19.5 Å². The number of alkyl halides is 2. The zero-order valence-corrected chi connectivity index (χ0v) is 11.0. The van der Waals surface area contributed by atoms with E-state index in [2.05, 4.69) is 9.97 Å². The second-order valence-electron chi connectivity index (χ2n) is 5.82. The SMILES string of the molecule is CC(C)(C)c1nccc(N2CCC(C(F)F)C2)n1. The molecule has 18 heavy (non-hydrogen) atoms. The van der Waals surface area contributed by atoms with E-state index in [0.717, 1.165) is 11.6 Å². The molecule has 1 aliphatic heterocycles. The summed E-state index contributed by atoms with van der Waals surface area (Å²) in [7, 11) is 0. The number of aromatic nitrogens is 2. The maximum Gasteiger partial charge on any atom is 0.243 e. The molecule has 1 aromatic heterocycles. The zero-order chi connectivity index (χ0) is 13.3. The molecule has 0 bridgehead atoms. The van der Waals surface area contributed by atoms with Gasteiger partial charge in [0.1, 0.15) is 11.6 Å². The monoisotopic (exact) mass is 255 g/mol. The van der Waals surface area contributed by atoms with Crippen molar-refractivity contribution in [1.82, 2.24) is 9.97 Å². The molecule has 5 heteroatoms. The molecular formula is C13H19F2N3. The van der Waals surface area contributed by atoms with Crippen LogP contribution >= 0.6 is 0 Å². The van der Waals surface area contributed by atoms with Gasteiger partial charge < -0.3 is 4.90 Å². The fraction of sp³-hybridized carbons (Fsp3) is 0.692. The van der Waals surface area contributed by atoms with E-state index in [1.54, 1.807) is 12.3 Å². The normalized spacial score (nSPS) is 20.8. The number of hydrogen-bond donors (Lipinski definition) is 0. The van der Waals surface area contributed by atoms with E-state index in [9.17, 15) is 8.78 Å². The molecule has 0 aromatic carbocycles. The lowest BCUT2D eigenvalue weighted by Crippen LogP contribution is -2.25. The van der Waals surface area contributed by atoms with Gasteiger partial charge in [-0.05, 0) is 12.5 Å². The molecule has 1 saturated heterocycles. The highest BCUT2D eigenvalue weighted by atomic mass is 19.3. The van der Waals surface area contributed by atoms with Gasteiger partial charge in [0.25, 0.3) is 0 Å². The molecule has 3 nitrogen and oxygen atoms in total. The van der Waals surface area contributed by atoms with Crippen molar-refractivity contribution in [3.63, 3.8) is 0 Å². The van der Waals surface area contributed by atoms with Crippen LogP contribution in [-0.2, 0) is 5.41 Å². The van der Waals surface area contributed by atoms with Crippen LogP contribution in [0.3, 0.4) is 0 Å². The smallest absolute Gasteiger partial charge is 0.243 e. The summed E-state index contributed by atoms with van der Waals surface area (Å²) in [5.74, 6) is 0.983. The summed E-state index contributed by atoms with van der Waals surface area (Å²) in [6, 6.07) is 1.79. The summed E-state index contributed by atoms with van der Waals surface area (Å²) in [6.45, 7) is 7.15. The average Bonchev–Trinajstić information content (AvgIpc) is 2.77. The topological polar surface area (TPSA) is 29.0 Å². The number of nitrogens with zero attached hydrogens (tertiary/aromatic N) is 3. The van der Waals surface area contributed by atoms with Gasteiger partial charge in [-0.25, -0.2) is 18.7 Å². The van der Waals surface area contributed by atoms with Crippen molar-refractivity contribution in [3.8, 4) is 0 Å². The van der Waals surface area contributed by atoms with Gasteiger partial charge in [-0.3, -0.25) is 0 Å². The van der Waals surface area contributed by atoms with Crippen LogP contribution in [0, 0.1) is 5.92 Å². The summed E-state index contributed by atoms with van der Waals surface area (Å²) in [5, 5.41) is 0. The number of hydrogen-bond acceptors (Lipinski definition) is 3. The molecule has 100 valence electrons. The van der Waals surface area contributed by atoms with E-state index >= 15 is 0 Å². The van der Waals surface area contributed by atoms with Crippen molar-refractivity contribution in [2.24, 2.45) is 5.92 Å². The highest BCUT2D eigenvalue weighted by Gasteiger charge is 2.30. The Bertz CT molecular complexity index is 415. The predicted octanol–water partition coefficient (Wildman–Crippen LogP) is 2.87. The first kappa shape index (κ1) is 13.2. The lowest BCUT2D eigenvalue weighted by atomic mass is 9.96. The van der Waals surface area contributed by atoms with Crippen LogP contribution in [0.15, 0.2) is 12.3 Å². The Hall–Kier alpha value is -1.26. The van der Waals surface area contributed by atoms with Gasteiger partial charge in [0.05, 0.1) is 0 Å². The van der Waals surface area contributed by atoms with E-state index < -0.39 is 12.3 Å². The minimum atomic E-state index is -2.24. The molecule has 2 heterocycles.